The van der Waals surface area contributed by atoms with Gasteiger partial charge in [0, 0.05) is 44.5 Å². The van der Waals surface area contributed by atoms with Crippen molar-refractivity contribution in [2.24, 2.45) is 7.05 Å². The quantitative estimate of drug-likeness (QED) is 0.523. The van der Waals surface area contributed by atoms with Crippen molar-refractivity contribution < 1.29 is 13.2 Å². The molecule has 1 aliphatic heterocycles. The van der Waals surface area contributed by atoms with E-state index in [-0.39, 0.29) is 5.82 Å². The molecule has 2 aromatic carbocycles. The molecule has 0 saturated carbocycles. The maximum absolute atomic E-state index is 13.4. The molecule has 3 heterocycles. The van der Waals surface area contributed by atoms with E-state index in [1.54, 1.807) is 0 Å². The molecule has 1 aliphatic rings. The molecule has 0 aliphatic carbocycles. The number of hydrogen-bond acceptors (Lipinski definition) is 6. The van der Waals surface area contributed by atoms with Crippen LogP contribution in [-0.2, 0) is 19.8 Å². The summed E-state index contributed by atoms with van der Waals surface area (Å²) >= 11 is 0. The third kappa shape index (κ3) is 3.79. The Bertz CT molecular complexity index is 1220. The minimum Gasteiger partial charge on any atom is -0.368 e. The number of piperazine rings is 1. The highest BCUT2D eigenvalue weighted by molar-refractivity contribution is 5.76. The van der Waals surface area contributed by atoms with Gasteiger partial charge in [-0.05, 0) is 35.5 Å². The lowest BCUT2D eigenvalue weighted by molar-refractivity contribution is -0.137. The highest BCUT2D eigenvalue weighted by Crippen LogP contribution is 2.36. The number of benzene rings is 2. The number of para-hydroxylation sites is 2. The number of imidazole rings is 1. The van der Waals surface area contributed by atoms with Gasteiger partial charge in [0.25, 0.3) is 0 Å². The Balaban J connectivity index is 1.36. The number of hydrogen-bond donors (Lipinski definition) is 1. The van der Waals surface area contributed by atoms with Crippen LogP contribution in [-0.4, -0.2) is 61.3 Å². The highest BCUT2D eigenvalue weighted by Gasteiger charge is 2.32. The number of halogens is 3. The van der Waals surface area contributed by atoms with Crippen LogP contribution in [0.2, 0.25) is 0 Å². The van der Waals surface area contributed by atoms with Crippen LogP contribution < -0.4 is 4.90 Å². The lowest BCUT2D eigenvalue weighted by atomic mass is 10.1. The van der Waals surface area contributed by atoms with Crippen molar-refractivity contribution in [3.8, 4) is 11.4 Å². The zero-order valence-corrected chi connectivity index (χ0v) is 17.3. The summed E-state index contributed by atoms with van der Waals surface area (Å²) in [6.45, 7) is 3.24. The van der Waals surface area contributed by atoms with Gasteiger partial charge in [-0.3, -0.25) is 4.90 Å². The molecule has 1 N–H and O–H groups in total. The third-order valence-corrected chi connectivity index (χ3v) is 5.87. The fourth-order valence-corrected chi connectivity index (χ4v) is 4.12. The van der Waals surface area contributed by atoms with Gasteiger partial charge in [-0.2, -0.15) is 18.4 Å². The minimum absolute atomic E-state index is 0.274. The number of aromatic nitrogens is 6. The van der Waals surface area contributed by atoms with Gasteiger partial charge in [-0.1, -0.05) is 12.1 Å². The maximum Gasteiger partial charge on any atom is 0.416 e. The summed E-state index contributed by atoms with van der Waals surface area (Å²) in [4.78, 5) is 8.94. The number of rotatable bonds is 4. The molecular formula is C21H21F3N8. The van der Waals surface area contributed by atoms with E-state index in [1.165, 1.54) is 12.1 Å². The fraction of sp³-hybridized carbons (Fsp3) is 0.333. The number of aryl methyl sites for hydroxylation is 1. The SMILES string of the molecule is Cn1c(CN2CCN(c3cc(C(F)(F)F)ccc3-c3nn[nH]n3)CC2)nc2ccccc21. The third-order valence-electron chi connectivity index (χ3n) is 5.87. The molecule has 5 rings (SSSR count). The molecule has 166 valence electrons. The molecule has 0 spiro atoms. The lowest BCUT2D eigenvalue weighted by Gasteiger charge is -2.36. The summed E-state index contributed by atoms with van der Waals surface area (Å²) in [7, 11) is 2.00. The first-order valence-corrected chi connectivity index (χ1v) is 10.2. The first-order valence-electron chi connectivity index (χ1n) is 10.2. The zero-order valence-electron chi connectivity index (χ0n) is 17.3. The first-order chi connectivity index (χ1) is 15.4. The van der Waals surface area contributed by atoms with Crippen molar-refractivity contribution in [2.45, 2.75) is 12.7 Å². The number of fused-ring (bicyclic) bond motifs is 1. The van der Waals surface area contributed by atoms with Crippen LogP contribution in [0.15, 0.2) is 42.5 Å². The van der Waals surface area contributed by atoms with Crippen molar-refractivity contribution >= 4 is 16.7 Å². The van der Waals surface area contributed by atoms with Crippen LogP contribution in [0.25, 0.3) is 22.4 Å². The summed E-state index contributed by atoms with van der Waals surface area (Å²) in [5.41, 5.74) is 2.33. The second kappa shape index (κ2) is 7.90. The lowest BCUT2D eigenvalue weighted by Crippen LogP contribution is -2.46. The molecule has 8 nitrogen and oxygen atoms in total. The van der Waals surface area contributed by atoms with Gasteiger partial charge in [0.15, 0.2) is 0 Å². The maximum atomic E-state index is 13.4. The summed E-state index contributed by atoms with van der Waals surface area (Å²) < 4.78 is 42.1. The van der Waals surface area contributed by atoms with Crippen LogP contribution in [0, 0.1) is 0 Å². The normalized spacial score (nSPS) is 15.6. The number of aromatic amines is 1. The standard InChI is InChI=1S/C21H21F3N8/c1-30-17-5-3-2-4-16(17)25-19(30)13-31-8-10-32(11-9-31)18-12-14(21(22,23)24)6-7-15(18)20-26-28-29-27-20/h2-7,12H,8-11,13H2,1H3,(H,26,27,28,29). The number of nitrogens with zero attached hydrogens (tertiary/aromatic N) is 7. The Kier molecular flexibility index (Phi) is 5.04. The molecule has 4 aromatic rings. The smallest absolute Gasteiger partial charge is 0.368 e. The van der Waals surface area contributed by atoms with Crippen LogP contribution in [0.3, 0.4) is 0 Å². The van der Waals surface area contributed by atoms with E-state index < -0.39 is 11.7 Å². The van der Waals surface area contributed by atoms with Crippen molar-refractivity contribution in [1.29, 1.82) is 0 Å². The van der Waals surface area contributed by atoms with Crippen molar-refractivity contribution in [3.63, 3.8) is 0 Å². The van der Waals surface area contributed by atoms with E-state index in [1.807, 2.05) is 36.2 Å². The van der Waals surface area contributed by atoms with Gasteiger partial charge < -0.3 is 9.47 Å². The van der Waals surface area contributed by atoms with Gasteiger partial charge >= 0.3 is 6.18 Å². The fourth-order valence-electron chi connectivity index (χ4n) is 4.12. The average molecular weight is 442 g/mol. The molecule has 1 saturated heterocycles. The Morgan fingerprint density at radius 3 is 2.50 bits per heavy atom. The Hall–Kier alpha value is -3.47. The average Bonchev–Trinajstić information content (AvgIpc) is 3.42. The molecule has 0 bridgehead atoms. The van der Waals surface area contributed by atoms with E-state index in [0.29, 0.717) is 44.0 Å². The molecule has 0 radical (unpaired) electrons. The molecule has 32 heavy (non-hydrogen) atoms. The van der Waals surface area contributed by atoms with Crippen molar-refractivity contribution in [3.05, 3.63) is 53.9 Å². The van der Waals surface area contributed by atoms with Crippen LogP contribution in [0.1, 0.15) is 11.4 Å². The predicted molar refractivity (Wildman–Crippen MR) is 113 cm³/mol. The Morgan fingerprint density at radius 2 is 1.81 bits per heavy atom. The summed E-state index contributed by atoms with van der Waals surface area (Å²) in [6, 6.07) is 11.6. The van der Waals surface area contributed by atoms with E-state index >= 15 is 0 Å². The molecule has 0 unspecified atom stereocenters. The largest absolute Gasteiger partial charge is 0.416 e. The molecule has 1 fully saturated rings. The monoisotopic (exact) mass is 442 g/mol. The summed E-state index contributed by atoms with van der Waals surface area (Å²) in [5.74, 6) is 1.24. The van der Waals surface area contributed by atoms with Crippen molar-refractivity contribution in [1.82, 2.24) is 35.1 Å². The first kappa shape index (κ1) is 20.4. The van der Waals surface area contributed by atoms with Gasteiger partial charge in [0.2, 0.25) is 5.82 Å². The molecule has 0 amide bonds. The van der Waals surface area contributed by atoms with Gasteiger partial charge in [-0.25, -0.2) is 4.98 Å². The van der Waals surface area contributed by atoms with Gasteiger partial charge in [0.05, 0.1) is 23.1 Å². The molecule has 2 aromatic heterocycles. The van der Waals surface area contributed by atoms with Crippen LogP contribution >= 0.6 is 0 Å². The second-order valence-electron chi connectivity index (χ2n) is 7.80. The molecule has 0 atom stereocenters. The zero-order chi connectivity index (χ0) is 22.3. The van der Waals surface area contributed by atoms with Crippen molar-refractivity contribution in [2.75, 3.05) is 31.1 Å². The number of anilines is 1. The van der Waals surface area contributed by atoms with E-state index in [9.17, 15) is 13.2 Å². The summed E-state index contributed by atoms with van der Waals surface area (Å²) in [5, 5.41) is 13.8. The number of nitrogens with one attached hydrogen (secondary N) is 1. The Labute approximate surface area is 181 Å². The number of tetrazole rings is 1. The number of alkyl halides is 3. The number of H-pyrrole nitrogens is 1. The Morgan fingerprint density at radius 1 is 1.03 bits per heavy atom. The molecular weight excluding hydrogens is 421 g/mol. The van der Waals surface area contributed by atoms with E-state index in [0.717, 1.165) is 22.9 Å². The summed E-state index contributed by atoms with van der Waals surface area (Å²) in [6.07, 6.45) is -4.42. The van der Waals surface area contributed by atoms with E-state index in [4.69, 9.17) is 4.98 Å². The highest BCUT2D eigenvalue weighted by atomic mass is 19.4. The van der Waals surface area contributed by atoms with E-state index in [2.05, 4.69) is 30.1 Å². The van der Waals surface area contributed by atoms with Gasteiger partial charge in [-0.15, -0.1) is 10.2 Å². The van der Waals surface area contributed by atoms with Gasteiger partial charge in [0.1, 0.15) is 5.82 Å². The topological polar surface area (TPSA) is 78.8 Å². The second-order valence-corrected chi connectivity index (χ2v) is 7.80. The van der Waals surface area contributed by atoms with Crippen LogP contribution in [0.4, 0.5) is 18.9 Å². The minimum atomic E-state index is -4.42. The van der Waals surface area contributed by atoms with Crippen LogP contribution in [0.5, 0.6) is 0 Å². The molecule has 11 heteroatoms. The predicted octanol–water partition coefficient (Wildman–Crippen LogP) is 3.09.